The van der Waals surface area contributed by atoms with Gasteiger partial charge in [0.1, 0.15) is 6.04 Å². The van der Waals surface area contributed by atoms with Gasteiger partial charge in [-0.15, -0.1) is 0 Å². The highest BCUT2D eigenvalue weighted by Gasteiger charge is 2.13. The summed E-state index contributed by atoms with van der Waals surface area (Å²) >= 11 is 0. The van der Waals surface area contributed by atoms with Gasteiger partial charge >= 0.3 is 6.03 Å². The fourth-order valence-corrected chi connectivity index (χ4v) is 1.56. The minimum Gasteiger partial charge on any atom is -0.383 e. The maximum atomic E-state index is 11.7. The van der Waals surface area contributed by atoms with E-state index in [0.29, 0.717) is 11.4 Å². The van der Waals surface area contributed by atoms with Crippen molar-refractivity contribution in [1.82, 2.24) is 5.32 Å². The summed E-state index contributed by atoms with van der Waals surface area (Å²) in [5, 5.41) is 8.07. The normalized spacial score (nSPS) is 11.9. The van der Waals surface area contributed by atoms with Crippen LogP contribution in [0.1, 0.15) is 13.8 Å². The number of nitrogens with one attached hydrogen (secondary N) is 3. The predicted molar refractivity (Wildman–Crippen MR) is 82.2 cm³/mol. The largest absolute Gasteiger partial charge is 0.383 e. The second-order valence-corrected chi connectivity index (χ2v) is 4.88. The average molecular weight is 294 g/mol. The van der Waals surface area contributed by atoms with Crippen LogP contribution in [0.15, 0.2) is 24.3 Å². The molecule has 7 nitrogen and oxygen atoms in total. The molecule has 21 heavy (non-hydrogen) atoms. The number of benzene rings is 1. The second-order valence-electron chi connectivity index (χ2n) is 4.88. The van der Waals surface area contributed by atoms with E-state index in [1.165, 1.54) is 7.11 Å². The van der Waals surface area contributed by atoms with Crippen molar-refractivity contribution >= 4 is 23.3 Å². The monoisotopic (exact) mass is 294 g/mol. The molecule has 0 aliphatic heterocycles. The molecule has 116 valence electrons. The first-order valence-electron chi connectivity index (χ1n) is 6.65. The van der Waals surface area contributed by atoms with Crippen molar-refractivity contribution < 1.29 is 14.3 Å². The Hall–Kier alpha value is -2.12. The zero-order valence-corrected chi connectivity index (χ0v) is 12.5. The van der Waals surface area contributed by atoms with Gasteiger partial charge in [0, 0.05) is 24.5 Å². The maximum absolute atomic E-state index is 11.7. The molecule has 7 heteroatoms. The van der Waals surface area contributed by atoms with Gasteiger partial charge in [0.15, 0.2) is 0 Å². The van der Waals surface area contributed by atoms with Crippen molar-refractivity contribution in [3.63, 3.8) is 0 Å². The topological polar surface area (TPSA) is 105 Å². The van der Waals surface area contributed by atoms with E-state index in [1.54, 1.807) is 24.3 Å². The molecule has 1 aromatic carbocycles. The average Bonchev–Trinajstić information content (AvgIpc) is 2.40. The number of hydrogen-bond donors (Lipinski definition) is 4. The summed E-state index contributed by atoms with van der Waals surface area (Å²) in [5.41, 5.74) is 6.85. The molecule has 1 unspecified atom stereocenters. The first-order valence-corrected chi connectivity index (χ1v) is 6.65. The molecule has 1 rings (SSSR count). The van der Waals surface area contributed by atoms with Crippen LogP contribution in [0, 0.1) is 0 Å². The molecule has 1 atom stereocenters. The molecule has 0 radical (unpaired) electrons. The first-order chi connectivity index (χ1) is 9.92. The van der Waals surface area contributed by atoms with Gasteiger partial charge in [-0.3, -0.25) is 4.79 Å². The number of carbonyl (C=O) groups excluding carboxylic acids is 2. The predicted octanol–water partition coefficient (Wildman–Crippen LogP) is 1.13. The van der Waals surface area contributed by atoms with Crippen molar-refractivity contribution in [2.24, 2.45) is 5.73 Å². The highest BCUT2D eigenvalue weighted by molar-refractivity contribution is 5.95. The molecule has 0 aromatic heterocycles. The fraction of sp³-hybridized carbons (Fsp3) is 0.429. The van der Waals surface area contributed by atoms with E-state index in [4.69, 9.17) is 10.5 Å². The van der Waals surface area contributed by atoms with Crippen LogP contribution in [-0.4, -0.2) is 37.7 Å². The molecular weight excluding hydrogens is 272 g/mol. The van der Waals surface area contributed by atoms with E-state index in [9.17, 15) is 9.59 Å². The lowest BCUT2D eigenvalue weighted by Crippen LogP contribution is -2.39. The summed E-state index contributed by atoms with van der Waals surface area (Å²) < 4.78 is 4.82. The zero-order valence-electron chi connectivity index (χ0n) is 12.5. The molecular formula is C14H22N4O3. The highest BCUT2D eigenvalue weighted by Crippen LogP contribution is 2.13. The van der Waals surface area contributed by atoms with Crippen LogP contribution in [0.3, 0.4) is 0 Å². The number of methoxy groups -OCH3 is 1. The Morgan fingerprint density at radius 1 is 1.14 bits per heavy atom. The lowest BCUT2D eigenvalue weighted by Gasteiger charge is -2.12. The van der Waals surface area contributed by atoms with Crippen LogP contribution in [0.4, 0.5) is 16.2 Å². The lowest BCUT2D eigenvalue weighted by molar-refractivity contribution is -0.118. The summed E-state index contributed by atoms with van der Waals surface area (Å²) in [6.45, 7) is 3.91. The van der Waals surface area contributed by atoms with Crippen LogP contribution in [-0.2, 0) is 9.53 Å². The Balaban J connectivity index is 2.54. The zero-order chi connectivity index (χ0) is 15.8. The fourth-order valence-electron chi connectivity index (χ4n) is 1.56. The van der Waals surface area contributed by atoms with E-state index < -0.39 is 6.04 Å². The van der Waals surface area contributed by atoms with Gasteiger partial charge in [0.05, 0.1) is 6.61 Å². The quantitative estimate of drug-likeness (QED) is 0.631. The van der Waals surface area contributed by atoms with Crippen molar-refractivity contribution in [1.29, 1.82) is 0 Å². The van der Waals surface area contributed by atoms with Crippen LogP contribution in [0.5, 0.6) is 0 Å². The Morgan fingerprint density at radius 2 is 1.67 bits per heavy atom. The Bertz CT molecular complexity index is 474. The molecule has 0 spiro atoms. The van der Waals surface area contributed by atoms with Gasteiger partial charge in [-0.25, -0.2) is 4.79 Å². The smallest absolute Gasteiger partial charge is 0.319 e. The molecule has 5 N–H and O–H groups in total. The number of hydrogen-bond acceptors (Lipinski definition) is 4. The van der Waals surface area contributed by atoms with Crippen molar-refractivity contribution in [3.05, 3.63) is 24.3 Å². The molecule has 3 amide bonds. The third-order valence-corrected chi connectivity index (χ3v) is 2.51. The van der Waals surface area contributed by atoms with Crippen molar-refractivity contribution in [3.8, 4) is 0 Å². The van der Waals surface area contributed by atoms with E-state index in [0.717, 1.165) is 0 Å². The van der Waals surface area contributed by atoms with Crippen LogP contribution >= 0.6 is 0 Å². The number of amides is 3. The number of carbonyl (C=O) groups is 2. The van der Waals surface area contributed by atoms with Crippen molar-refractivity contribution in [2.75, 3.05) is 24.4 Å². The van der Waals surface area contributed by atoms with E-state index in [1.807, 2.05) is 13.8 Å². The molecule has 0 bridgehead atoms. The molecule has 0 saturated carbocycles. The van der Waals surface area contributed by atoms with E-state index in [-0.39, 0.29) is 24.6 Å². The summed E-state index contributed by atoms with van der Waals surface area (Å²) in [4.78, 5) is 23.2. The summed E-state index contributed by atoms with van der Waals surface area (Å²) in [5.74, 6) is -0.324. The van der Waals surface area contributed by atoms with E-state index in [2.05, 4.69) is 16.0 Å². The lowest BCUT2D eigenvalue weighted by atomic mass is 10.2. The number of anilines is 2. The molecule has 0 aliphatic rings. The van der Waals surface area contributed by atoms with Gasteiger partial charge in [0.25, 0.3) is 0 Å². The molecule has 0 saturated heterocycles. The first kappa shape index (κ1) is 16.9. The summed E-state index contributed by atoms with van der Waals surface area (Å²) in [6.07, 6.45) is 0. The van der Waals surface area contributed by atoms with Gasteiger partial charge in [-0.2, -0.15) is 0 Å². The summed E-state index contributed by atoms with van der Waals surface area (Å²) in [6, 6.07) is 5.82. The minimum atomic E-state index is -0.718. The molecule has 0 fully saturated rings. The highest BCUT2D eigenvalue weighted by atomic mass is 16.5. The Labute approximate surface area is 124 Å². The SMILES string of the molecule is COCC(N)C(=O)Nc1ccc(NC(=O)NC(C)C)cc1. The minimum absolute atomic E-state index is 0.0610. The summed E-state index contributed by atoms with van der Waals surface area (Å²) in [7, 11) is 1.48. The molecule has 0 aliphatic carbocycles. The van der Waals surface area contributed by atoms with Crippen LogP contribution in [0.2, 0.25) is 0 Å². The second kappa shape index (κ2) is 8.23. The van der Waals surface area contributed by atoms with Gasteiger partial charge in [-0.05, 0) is 38.1 Å². The van der Waals surface area contributed by atoms with Crippen LogP contribution in [0.25, 0.3) is 0 Å². The van der Waals surface area contributed by atoms with Gasteiger partial charge in [-0.1, -0.05) is 0 Å². The standard InChI is InChI=1S/C14H22N4O3/c1-9(2)16-14(20)18-11-6-4-10(5-7-11)17-13(19)12(15)8-21-3/h4-7,9,12H,8,15H2,1-3H3,(H,17,19)(H2,16,18,20). The molecule has 0 heterocycles. The number of nitrogens with two attached hydrogens (primary N) is 1. The van der Waals surface area contributed by atoms with Gasteiger partial charge < -0.3 is 26.4 Å². The van der Waals surface area contributed by atoms with Crippen molar-refractivity contribution in [2.45, 2.75) is 25.9 Å². The number of rotatable bonds is 6. The number of ether oxygens (including phenoxy) is 1. The Kier molecular flexibility index (Phi) is 6.64. The van der Waals surface area contributed by atoms with Gasteiger partial charge in [0.2, 0.25) is 5.91 Å². The molecule has 1 aromatic rings. The third-order valence-electron chi connectivity index (χ3n) is 2.51. The third kappa shape index (κ3) is 6.24. The van der Waals surface area contributed by atoms with Crippen LogP contribution < -0.4 is 21.7 Å². The Morgan fingerprint density at radius 3 is 2.14 bits per heavy atom. The number of urea groups is 1. The van der Waals surface area contributed by atoms with E-state index >= 15 is 0 Å². The maximum Gasteiger partial charge on any atom is 0.319 e.